The minimum Gasteiger partial charge on any atom is -0.404 e. The Hall–Kier alpha value is -3.35. The first-order valence-electron chi connectivity index (χ1n) is 11.8. The van der Waals surface area contributed by atoms with Gasteiger partial charge in [-0.05, 0) is 62.8 Å². The second-order valence-corrected chi connectivity index (χ2v) is 9.03. The number of nitrogens with one attached hydrogen (secondary N) is 3. The summed E-state index contributed by atoms with van der Waals surface area (Å²) < 4.78 is 42.8. The number of H-pyrrole nitrogens is 1. The second kappa shape index (κ2) is 12.3. The summed E-state index contributed by atoms with van der Waals surface area (Å²) in [7, 11) is 2.09. The van der Waals surface area contributed by atoms with Gasteiger partial charge in [0.15, 0.2) is 0 Å². The maximum absolute atomic E-state index is 12.3. The molecule has 0 radical (unpaired) electrons. The molecule has 4 aromatic rings. The Balaban J connectivity index is 1.14. The topological polar surface area (TPSA) is 95.9 Å². The minimum absolute atomic E-state index is 0.0641. The number of rotatable bonds is 13. The molecule has 2 heterocycles. The number of alkyl halides is 3. The Morgan fingerprint density at radius 3 is 2.65 bits per heavy atom. The molecule has 3 N–H and O–H groups in total. The zero-order valence-corrected chi connectivity index (χ0v) is 21.0. The summed E-state index contributed by atoms with van der Waals surface area (Å²) in [6.45, 7) is 3.89. The van der Waals surface area contributed by atoms with Crippen LogP contribution >= 0.6 is 11.6 Å². The highest BCUT2D eigenvalue weighted by molar-refractivity contribution is 6.32. The summed E-state index contributed by atoms with van der Waals surface area (Å²) in [4.78, 5) is 2.27. The molecule has 0 aliphatic rings. The SMILES string of the molecule is CN(CCCCNCc1ccc(OC(F)(F)F)c(Cl)c1)CCNc1cc(-n2cnnc2)cc2[nH]ncc12. The average Bonchev–Trinajstić information content (AvgIpc) is 3.54. The fraction of sp³-hybridized carbons (Fsp3) is 0.375. The first-order chi connectivity index (χ1) is 17.8. The highest BCUT2D eigenvalue weighted by Crippen LogP contribution is 2.30. The van der Waals surface area contributed by atoms with Crippen molar-refractivity contribution in [2.45, 2.75) is 25.7 Å². The number of aromatic nitrogens is 5. The number of unbranched alkanes of at least 4 members (excludes halogenated alkanes) is 1. The van der Waals surface area contributed by atoms with Gasteiger partial charge in [-0.1, -0.05) is 17.7 Å². The van der Waals surface area contributed by atoms with Crippen molar-refractivity contribution in [3.05, 3.63) is 59.8 Å². The van der Waals surface area contributed by atoms with Crippen molar-refractivity contribution in [2.75, 3.05) is 38.5 Å². The van der Waals surface area contributed by atoms with Gasteiger partial charge >= 0.3 is 6.36 Å². The monoisotopic (exact) mass is 536 g/mol. The lowest BCUT2D eigenvalue weighted by Crippen LogP contribution is -2.27. The van der Waals surface area contributed by atoms with Gasteiger partial charge in [0, 0.05) is 30.7 Å². The van der Waals surface area contributed by atoms with Crippen LogP contribution in [0.1, 0.15) is 18.4 Å². The highest BCUT2D eigenvalue weighted by Gasteiger charge is 2.32. The standard InChI is InChI=1S/C24H28ClF3N8O/c1-35(8-3-2-6-29-13-17-4-5-23(20(25)10-17)37-24(26,27)28)9-7-30-21-11-18(36-15-32-33-16-36)12-22-19(21)14-31-34-22/h4-5,10-12,14-16,29-30H,2-3,6-9,13H2,1H3,(H,31,34). The number of halogens is 4. The summed E-state index contributed by atoms with van der Waals surface area (Å²) in [6.07, 6.45) is 2.34. The third-order valence-corrected chi connectivity index (χ3v) is 6.06. The molecule has 0 unspecified atom stereocenters. The van der Waals surface area contributed by atoms with Crippen LogP contribution in [0.5, 0.6) is 5.75 Å². The maximum Gasteiger partial charge on any atom is 0.573 e. The van der Waals surface area contributed by atoms with Crippen LogP contribution in [0.25, 0.3) is 16.6 Å². The number of benzene rings is 2. The maximum atomic E-state index is 12.3. The van der Waals surface area contributed by atoms with E-state index in [1.165, 1.54) is 12.1 Å². The number of ether oxygens (including phenoxy) is 1. The average molecular weight is 537 g/mol. The third-order valence-electron chi connectivity index (χ3n) is 5.76. The van der Waals surface area contributed by atoms with E-state index in [-0.39, 0.29) is 5.02 Å². The molecule has 0 saturated heterocycles. The number of likely N-dealkylation sites (N-methyl/N-ethyl adjacent to an activating group) is 1. The van der Waals surface area contributed by atoms with Gasteiger partial charge in [0.25, 0.3) is 0 Å². The van der Waals surface area contributed by atoms with E-state index in [0.717, 1.165) is 66.9 Å². The third kappa shape index (κ3) is 7.81. The normalized spacial score (nSPS) is 11.9. The number of aromatic amines is 1. The smallest absolute Gasteiger partial charge is 0.404 e. The first-order valence-corrected chi connectivity index (χ1v) is 12.2. The van der Waals surface area contributed by atoms with Crippen molar-refractivity contribution in [1.82, 2.24) is 35.2 Å². The molecule has 0 fully saturated rings. The van der Waals surface area contributed by atoms with Crippen molar-refractivity contribution >= 4 is 28.2 Å². The summed E-state index contributed by atoms with van der Waals surface area (Å²) in [5, 5.41) is 22.7. The molecule has 0 spiro atoms. The lowest BCUT2D eigenvalue weighted by molar-refractivity contribution is -0.274. The molecule has 0 atom stereocenters. The summed E-state index contributed by atoms with van der Waals surface area (Å²) >= 11 is 5.89. The van der Waals surface area contributed by atoms with Gasteiger partial charge in [0.1, 0.15) is 18.4 Å². The molecule has 0 amide bonds. The molecule has 37 heavy (non-hydrogen) atoms. The molecule has 0 saturated carbocycles. The molecular weight excluding hydrogens is 509 g/mol. The second-order valence-electron chi connectivity index (χ2n) is 8.62. The van der Waals surface area contributed by atoms with Crippen LogP contribution in [0.4, 0.5) is 18.9 Å². The van der Waals surface area contributed by atoms with Crippen LogP contribution in [0, 0.1) is 0 Å². The van der Waals surface area contributed by atoms with Crippen LogP contribution in [-0.2, 0) is 6.54 Å². The zero-order valence-electron chi connectivity index (χ0n) is 20.2. The minimum atomic E-state index is -4.76. The van der Waals surface area contributed by atoms with Crippen molar-refractivity contribution in [1.29, 1.82) is 0 Å². The largest absolute Gasteiger partial charge is 0.573 e. The fourth-order valence-corrected chi connectivity index (χ4v) is 4.13. The molecular formula is C24H28ClF3N8O. The van der Waals surface area contributed by atoms with Crippen LogP contribution in [-0.4, -0.2) is 69.5 Å². The van der Waals surface area contributed by atoms with E-state index in [1.54, 1.807) is 18.7 Å². The Bertz CT molecular complexity index is 1280. The molecule has 4 rings (SSSR count). The van der Waals surface area contributed by atoms with Gasteiger partial charge in [0.05, 0.1) is 22.4 Å². The number of fused-ring (bicyclic) bond motifs is 1. The molecule has 9 nitrogen and oxygen atoms in total. The van der Waals surface area contributed by atoms with Gasteiger partial charge in [-0.15, -0.1) is 23.4 Å². The number of nitrogens with zero attached hydrogens (tertiary/aromatic N) is 5. The van der Waals surface area contributed by atoms with Crippen molar-refractivity contribution in [3.63, 3.8) is 0 Å². The first kappa shape index (κ1) is 26.7. The Labute approximate surface area is 217 Å². The Morgan fingerprint density at radius 2 is 1.89 bits per heavy atom. The van der Waals surface area contributed by atoms with Crippen molar-refractivity contribution < 1.29 is 17.9 Å². The van der Waals surface area contributed by atoms with E-state index in [0.29, 0.717) is 6.54 Å². The number of hydrogen-bond acceptors (Lipinski definition) is 7. The molecule has 198 valence electrons. The van der Waals surface area contributed by atoms with Gasteiger partial charge in [-0.2, -0.15) is 5.10 Å². The van der Waals surface area contributed by atoms with Crippen LogP contribution < -0.4 is 15.4 Å². The van der Waals surface area contributed by atoms with Gasteiger partial charge in [0.2, 0.25) is 0 Å². The van der Waals surface area contributed by atoms with Gasteiger partial charge in [-0.3, -0.25) is 9.67 Å². The fourth-order valence-electron chi connectivity index (χ4n) is 3.88. The molecule has 13 heteroatoms. The predicted octanol–water partition coefficient (Wildman–Crippen LogP) is 4.61. The molecule has 2 aromatic heterocycles. The van der Waals surface area contributed by atoms with E-state index in [2.05, 4.69) is 53.8 Å². The summed E-state index contributed by atoms with van der Waals surface area (Å²) in [6, 6.07) is 8.34. The van der Waals surface area contributed by atoms with E-state index in [1.807, 2.05) is 16.8 Å². The van der Waals surface area contributed by atoms with Crippen LogP contribution in [0.15, 0.2) is 49.2 Å². The van der Waals surface area contributed by atoms with Gasteiger partial charge < -0.3 is 20.3 Å². The van der Waals surface area contributed by atoms with E-state index >= 15 is 0 Å². The van der Waals surface area contributed by atoms with Crippen molar-refractivity contribution in [2.24, 2.45) is 0 Å². The molecule has 0 bridgehead atoms. The molecule has 0 aliphatic carbocycles. The van der Waals surface area contributed by atoms with Crippen LogP contribution in [0.2, 0.25) is 5.02 Å². The zero-order chi connectivity index (χ0) is 26.3. The highest BCUT2D eigenvalue weighted by atomic mass is 35.5. The lowest BCUT2D eigenvalue weighted by atomic mass is 10.2. The van der Waals surface area contributed by atoms with Crippen molar-refractivity contribution in [3.8, 4) is 11.4 Å². The van der Waals surface area contributed by atoms with E-state index in [4.69, 9.17) is 11.6 Å². The summed E-state index contributed by atoms with van der Waals surface area (Å²) in [5.41, 5.74) is 3.66. The summed E-state index contributed by atoms with van der Waals surface area (Å²) in [5.74, 6) is -0.396. The van der Waals surface area contributed by atoms with Gasteiger partial charge in [-0.25, -0.2) is 0 Å². The number of hydrogen-bond donors (Lipinski definition) is 3. The number of anilines is 1. The Morgan fingerprint density at radius 1 is 1.08 bits per heavy atom. The molecule has 2 aromatic carbocycles. The molecule has 0 aliphatic heterocycles. The quantitative estimate of drug-likeness (QED) is 0.215. The lowest BCUT2D eigenvalue weighted by Gasteiger charge is -2.18. The van der Waals surface area contributed by atoms with E-state index in [9.17, 15) is 13.2 Å². The van der Waals surface area contributed by atoms with Crippen LogP contribution in [0.3, 0.4) is 0 Å². The predicted molar refractivity (Wildman–Crippen MR) is 136 cm³/mol. The Kier molecular flexibility index (Phi) is 8.85. The van der Waals surface area contributed by atoms with E-state index < -0.39 is 12.1 Å².